The zero-order valence-corrected chi connectivity index (χ0v) is 15.7. The summed E-state index contributed by atoms with van der Waals surface area (Å²) in [6.45, 7) is 1.76. The van der Waals surface area contributed by atoms with Gasteiger partial charge < -0.3 is 9.52 Å². The standard InChI is InChI=1S/C22H18N4O3/c1-13-24-25-21(29-13)17-6-2-4-15(10-17)16-5-3-7-18(11-16)26-20(14-8-9-14)19(12-23-26)22(27)28/h2-7,10-12,14H,8-9H2,1H3,(H,27,28). The third-order valence-corrected chi connectivity index (χ3v) is 5.06. The van der Waals surface area contributed by atoms with E-state index in [0.29, 0.717) is 11.8 Å². The first-order chi connectivity index (χ1) is 14.1. The van der Waals surface area contributed by atoms with Crippen molar-refractivity contribution in [2.75, 3.05) is 0 Å². The molecule has 1 N–H and O–H groups in total. The molecule has 4 aromatic rings. The van der Waals surface area contributed by atoms with E-state index in [1.165, 1.54) is 6.20 Å². The van der Waals surface area contributed by atoms with Crippen molar-refractivity contribution >= 4 is 5.97 Å². The molecule has 1 saturated carbocycles. The van der Waals surface area contributed by atoms with Crippen LogP contribution in [0.3, 0.4) is 0 Å². The predicted octanol–water partition coefficient (Wildman–Crippen LogP) is 4.47. The molecule has 7 nitrogen and oxygen atoms in total. The van der Waals surface area contributed by atoms with Gasteiger partial charge in [0.15, 0.2) is 0 Å². The van der Waals surface area contributed by atoms with E-state index in [1.807, 2.05) is 48.5 Å². The van der Waals surface area contributed by atoms with Crippen molar-refractivity contribution in [3.63, 3.8) is 0 Å². The summed E-state index contributed by atoms with van der Waals surface area (Å²) in [6.07, 6.45) is 3.44. The highest BCUT2D eigenvalue weighted by Gasteiger charge is 2.32. The summed E-state index contributed by atoms with van der Waals surface area (Å²) >= 11 is 0. The van der Waals surface area contributed by atoms with Crippen LogP contribution in [0.15, 0.2) is 59.1 Å². The van der Waals surface area contributed by atoms with Gasteiger partial charge in [0.05, 0.1) is 17.6 Å². The minimum Gasteiger partial charge on any atom is -0.478 e. The average Bonchev–Trinajstić information content (AvgIpc) is 3.31. The Kier molecular flexibility index (Phi) is 4.01. The maximum atomic E-state index is 11.6. The van der Waals surface area contributed by atoms with Gasteiger partial charge in [-0.1, -0.05) is 24.3 Å². The maximum absolute atomic E-state index is 11.6. The molecular weight excluding hydrogens is 368 g/mol. The molecule has 0 aliphatic heterocycles. The van der Waals surface area contributed by atoms with Crippen molar-refractivity contribution in [1.82, 2.24) is 20.0 Å². The lowest BCUT2D eigenvalue weighted by molar-refractivity contribution is 0.0695. The maximum Gasteiger partial charge on any atom is 0.339 e. The Labute approximate surface area is 166 Å². The second-order valence-electron chi connectivity index (χ2n) is 7.19. The Morgan fingerprint density at radius 3 is 2.48 bits per heavy atom. The smallest absolute Gasteiger partial charge is 0.339 e. The molecule has 0 spiro atoms. The zero-order chi connectivity index (χ0) is 20.0. The second-order valence-corrected chi connectivity index (χ2v) is 7.19. The van der Waals surface area contributed by atoms with Gasteiger partial charge in [0.25, 0.3) is 0 Å². The Morgan fingerprint density at radius 1 is 1.07 bits per heavy atom. The number of carboxylic acid groups (broad SMARTS) is 1. The van der Waals surface area contributed by atoms with Crippen molar-refractivity contribution in [1.29, 1.82) is 0 Å². The number of aromatic nitrogens is 4. The molecule has 2 aromatic heterocycles. The number of carbonyl (C=O) groups is 1. The Bertz CT molecular complexity index is 1220. The van der Waals surface area contributed by atoms with Crippen LogP contribution in [-0.2, 0) is 0 Å². The van der Waals surface area contributed by atoms with Gasteiger partial charge in [-0.3, -0.25) is 0 Å². The molecule has 0 radical (unpaired) electrons. The van der Waals surface area contributed by atoms with Crippen molar-refractivity contribution in [2.24, 2.45) is 0 Å². The lowest BCUT2D eigenvalue weighted by Gasteiger charge is -2.10. The summed E-state index contributed by atoms with van der Waals surface area (Å²) in [5, 5.41) is 21.9. The molecule has 2 aromatic carbocycles. The van der Waals surface area contributed by atoms with Gasteiger partial charge in [0.2, 0.25) is 11.8 Å². The van der Waals surface area contributed by atoms with E-state index in [0.717, 1.165) is 40.9 Å². The Hall–Kier alpha value is -3.74. The number of hydrogen-bond acceptors (Lipinski definition) is 5. The van der Waals surface area contributed by atoms with Gasteiger partial charge >= 0.3 is 5.97 Å². The quantitative estimate of drug-likeness (QED) is 0.544. The summed E-state index contributed by atoms with van der Waals surface area (Å²) in [5.41, 5.74) is 4.75. The van der Waals surface area contributed by atoms with Crippen LogP contribution in [0.5, 0.6) is 0 Å². The van der Waals surface area contributed by atoms with E-state index in [-0.39, 0.29) is 11.5 Å². The highest BCUT2D eigenvalue weighted by Crippen LogP contribution is 2.42. The van der Waals surface area contributed by atoms with Gasteiger partial charge in [0, 0.05) is 18.4 Å². The van der Waals surface area contributed by atoms with Gasteiger partial charge in [-0.25, -0.2) is 9.48 Å². The largest absolute Gasteiger partial charge is 0.478 e. The Balaban J connectivity index is 1.56. The molecule has 1 aliphatic rings. The van der Waals surface area contributed by atoms with Crippen LogP contribution in [-0.4, -0.2) is 31.1 Å². The van der Waals surface area contributed by atoms with E-state index in [1.54, 1.807) is 11.6 Å². The fourth-order valence-electron chi connectivity index (χ4n) is 3.54. The van der Waals surface area contributed by atoms with Crippen LogP contribution in [0.4, 0.5) is 0 Å². The molecule has 0 saturated heterocycles. The summed E-state index contributed by atoms with van der Waals surface area (Å²) in [4.78, 5) is 11.6. The first-order valence-electron chi connectivity index (χ1n) is 9.43. The molecule has 0 bridgehead atoms. The number of rotatable bonds is 5. The van der Waals surface area contributed by atoms with Crippen molar-refractivity contribution in [3.8, 4) is 28.3 Å². The second kappa shape index (κ2) is 6.70. The molecule has 1 fully saturated rings. The summed E-state index contributed by atoms with van der Waals surface area (Å²) in [7, 11) is 0. The molecular formula is C22H18N4O3. The van der Waals surface area contributed by atoms with Gasteiger partial charge in [-0.2, -0.15) is 5.10 Å². The van der Waals surface area contributed by atoms with Crippen LogP contribution in [0, 0.1) is 6.92 Å². The SMILES string of the molecule is Cc1nnc(-c2cccc(-c3cccc(-n4ncc(C(=O)O)c4C4CC4)c3)c2)o1. The molecule has 0 atom stereocenters. The molecule has 2 heterocycles. The monoisotopic (exact) mass is 386 g/mol. The van der Waals surface area contributed by atoms with Crippen molar-refractivity contribution in [3.05, 3.63) is 71.9 Å². The normalized spacial score (nSPS) is 13.6. The molecule has 29 heavy (non-hydrogen) atoms. The molecule has 0 unspecified atom stereocenters. The van der Waals surface area contributed by atoms with Crippen LogP contribution in [0.25, 0.3) is 28.3 Å². The first kappa shape index (κ1) is 17.4. The molecule has 5 rings (SSSR count). The average molecular weight is 386 g/mol. The number of benzene rings is 2. The third kappa shape index (κ3) is 3.20. The number of carboxylic acids is 1. The summed E-state index contributed by atoms with van der Waals surface area (Å²) in [6, 6.07) is 15.8. The highest BCUT2D eigenvalue weighted by atomic mass is 16.4. The molecule has 0 amide bonds. The molecule has 7 heteroatoms. The molecule has 144 valence electrons. The number of aryl methyl sites for hydroxylation is 1. The number of hydrogen-bond donors (Lipinski definition) is 1. The summed E-state index contributed by atoms with van der Waals surface area (Å²) in [5.74, 6) is 0.329. The fourth-order valence-corrected chi connectivity index (χ4v) is 3.54. The van der Waals surface area contributed by atoms with Crippen molar-refractivity contribution in [2.45, 2.75) is 25.7 Å². The van der Waals surface area contributed by atoms with Crippen molar-refractivity contribution < 1.29 is 14.3 Å². The van der Waals surface area contributed by atoms with E-state index < -0.39 is 5.97 Å². The minimum absolute atomic E-state index is 0.261. The van der Waals surface area contributed by atoms with E-state index in [2.05, 4.69) is 15.3 Å². The topological polar surface area (TPSA) is 94.0 Å². The Morgan fingerprint density at radius 2 is 1.79 bits per heavy atom. The number of nitrogens with zero attached hydrogens (tertiary/aromatic N) is 4. The zero-order valence-electron chi connectivity index (χ0n) is 15.7. The molecule has 1 aliphatic carbocycles. The van der Waals surface area contributed by atoms with Crippen LogP contribution in [0.1, 0.15) is 40.7 Å². The van der Waals surface area contributed by atoms with Gasteiger partial charge in [-0.05, 0) is 48.2 Å². The lowest BCUT2D eigenvalue weighted by atomic mass is 10.0. The fraction of sp³-hybridized carbons (Fsp3) is 0.182. The third-order valence-electron chi connectivity index (χ3n) is 5.06. The predicted molar refractivity (Wildman–Crippen MR) is 106 cm³/mol. The van der Waals surface area contributed by atoms with Crippen LogP contribution < -0.4 is 0 Å². The first-order valence-corrected chi connectivity index (χ1v) is 9.43. The van der Waals surface area contributed by atoms with E-state index in [9.17, 15) is 9.90 Å². The van der Waals surface area contributed by atoms with Crippen LogP contribution >= 0.6 is 0 Å². The lowest BCUT2D eigenvalue weighted by Crippen LogP contribution is -2.05. The van der Waals surface area contributed by atoms with Crippen LogP contribution in [0.2, 0.25) is 0 Å². The summed E-state index contributed by atoms with van der Waals surface area (Å²) < 4.78 is 7.30. The highest BCUT2D eigenvalue weighted by molar-refractivity contribution is 5.89. The van der Waals surface area contributed by atoms with Gasteiger partial charge in [-0.15, -0.1) is 10.2 Å². The van der Waals surface area contributed by atoms with E-state index in [4.69, 9.17) is 4.42 Å². The van der Waals surface area contributed by atoms with Gasteiger partial charge in [0.1, 0.15) is 5.56 Å². The van der Waals surface area contributed by atoms with E-state index >= 15 is 0 Å². The minimum atomic E-state index is -0.933. The number of aromatic carboxylic acids is 1.